The maximum Gasteiger partial charge on any atom is 0.224 e. The number of halogens is 1. The summed E-state index contributed by atoms with van der Waals surface area (Å²) in [7, 11) is 0. The molecule has 0 spiro atoms. The van der Waals surface area contributed by atoms with Gasteiger partial charge in [0.2, 0.25) is 5.95 Å². The van der Waals surface area contributed by atoms with Gasteiger partial charge in [-0.15, -0.1) is 0 Å². The first-order valence-electron chi connectivity index (χ1n) is 6.21. The van der Waals surface area contributed by atoms with Gasteiger partial charge in [-0.25, -0.2) is 9.37 Å². The van der Waals surface area contributed by atoms with Crippen LogP contribution < -0.4 is 10.6 Å². The molecular formula is C14H17FN4. The Balaban J connectivity index is 2.27. The van der Waals surface area contributed by atoms with E-state index < -0.39 is 0 Å². The van der Waals surface area contributed by atoms with Crippen molar-refractivity contribution < 1.29 is 4.39 Å². The Morgan fingerprint density at radius 3 is 2.63 bits per heavy atom. The van der Waals surface area contributed by atoms with E-state index in [-0.39, 0.29) is 5.82 Å². The normalized spacial score (nSPS) is 10.3. The van der Waals surface area contributed by atoms with Crippen molar-refractivity contribution in [3.63, 3.8) is 0 Å². The smallest absolute Gasteiger partial charge is 0.224 e. The van der Waals surface area contributed by atoms with Gasteiger partial charge in [0.15, 0.2) is 0 Å². The number of hydrogen-bond donors (Lipinski definition) is 2. The number of nitrogens with one attached hydrogen (secondary N) is 2. The number of anilines is 3. The van der Waals surface area contributed by atoms with E-state index in [2.05, 4.69) is 20.6 Å². The molecule has 0 bridgehead atoms. The number of benzene rings is 1. The summed E-state index contributed by atoms with van der Waals surface area (Å²) in [6.07, 6.45) is 0. The van der Waals surface area contributed by atoms with Crippen molar-refractivity contribution >= 4 is 17.5 Å². The third-order valence-electron chi connectivity index (χ3n) is 2.64. The molecule has 2 aromatic rings. The van der Waals surface area contributed by atoms with Crippen LogP contribution in [0.1, 0.15) is 18.2 Å². The Hall–Kier alpha value is -2.17. The molecule has 1 aromatic carbocycles. The Morgan fingerprint density at radius 2 is 1.95 bits per heavy atom. The first kappa shape index (κ1) is 13.3. The van der Waals surface area contributed by atoms with Crippen molar-refractivity contribution in [3.8, 4) is 0 Å². The summed E-state index contributed by atoms with van der Waals surface area (Å²) < 4.78 is 13.1. The zero-order chi connectivity index (χ0) is 13.8. The number of hydrogen-bond acceptors (Lipinski definition) is 4. The number of aryl methyl sites for hydroxylation is 2. The van der Waals surface area contributed by atoms with E-state index in [4.69, 9.17) is 0 Å². The molecular weight excluding hydrogens is 243 g/mol. The minimum atomic E-state index is -0.241. The Morgan fingerprint density at radius 1 is 1.16 bits per heavy atom. The average molecular weight is 260 g/mol. The predicted molar refractivity (Wildman–Crippen MR) is 75.4 cm³/mol. The highest BCUT2D eigenvalue weighted by atomic mass is 19.1. The molecule has 5 heteroatoms. The summed E-state index contributed by atoms with van der Waals surface area (Å²) >= 11 is 0. The minimum Gasteiger partial charge on any atom is -0.354 e. The molecule has 2 N–H and O–H groups in total. The predicted octanol–water partition coefficient (Wildman–Crippen LogP) is 3.41. The SMILES string of the molecule is CCNc1nc(C)cc(Nc2ccc(F)cc2C)n1. The molecule has 0 atom stereocenters. The van der Waals surface area contributed by atoms with Gasteiger partial charge in [0, 0.05) is 24.0 Å². The molecule has 0 aliphatic heterocycles. The molecule has 1 aromatic heterocycles. The number of nitrogens with zero attached hydrogens (tertiary/aromatic N) is 2. The van der Waals surface area contributed by atoms with Crippen LogP contribution in [0.5, 0.6) is 0 Å². The lowest BCUT2D eigenvalue weighted by atomic mass is 10.2. The topological polar surface area (TPSA) is 49.8 Å². The second-order valence-electron chi connectivity index (χ2n) is 4.33. The van der Waals surface area contributed by atoms with Gasteiger partial charge in [-0.2, -0.15) is 4.98 Å². The molecule has 0 unspecified atom stereocenters. The van der Waals surface area contributed by atoms with Crippen molar-refractivity contribution in [3.05, 3.63) is 41.3 Å². The third-order valence-corrected chi connectivity index (χ3v) is 2.64. The average Bonchev–Trinajstić information content (AvgIpc) is 2.32. The second kappa shape index (κ2) is 5.65. The van der Waals surface area contributed by atoms with Crippen LogP contribution in [0.15, 0.2) is 24.3 Å². The van der Waals surface area contributed by atoms with Crippen LogP contribution in [0.25, 0.3) is 0 Å². The van der Waals surface area contributed by atoms with Crippen molar-refractivity contribution in [1.29, 1.82) is 0 Å². The van der Waals surface area contributed by atoms with Crippen molar-refractivity contribution in [2.75, 3.05) is 17.2 Å². The van der Waals surface area contributed by atoms with Crippen LogP contribution in [0, 0.1) is 19.7 Å². The number of rotatable bonds is 4. The molecule has 4 nitrogen and oxygen atoms in total. The summed E-state index contributed by atoms with van der Waals surface area (Å²) in [5.41, 5.74) is 2.54. The highest BCUT2D eigenvalue weighted by Crippen LogP contribution is 2.21. The van der Waals surface area contributed by atoms with Gasteiger partial charge in [0.1, 0.15) is 11.6 Å². The summed E-state index contributed by atoms with van der Waals surface area (Å²) in [5.74, 6) is 1.04. The lowest BCUT2D eigenvalue weighted by molar-refractivity contribution is 0.627. The van der Waals surface area contributed by atoms with Crippen molar-refractivity contribution in [2.45, 2.75) is 20.8 Å². The fraction of sp³-hybridized carbons (Fsp3) is 0.286. The van der Waals surface area contributed by atoms with E-state index in [1.807, 2.05) is 26.8 Å². The Bertz CT molecular complexity index is 584. The quantitative estimate of drug-likeness (QED) is 0.884. The second-order valence-corrected chi connectivity index (χ2v) is 4.33. The number of aromatic nitrogens is 2. The van der Waals surface area contributed by atoms with Gasteiger partial charge < -0.3 is 10.6 Å². The molecule has 2 rings (SSSR count). The Labute approximate surface area is 112 Å². The van der Waals surface area contributed by atoms with Gasteiger partial charge in [0.25, 0.3) is 0 Å². The van der Waals surface area contributed by atoms with Crippen molar-refractivity contribution in [1.82, 2.24) is 9.97 Å². The van der Waals surface area contributed by atoms with Crippen molar-refractivity contribution in [2.24, 2.45) is 0 Å². The van der Waals surface area contributed by atoms with Crippen LogP contribution in [0.4, 0.5) is 21.8 Å². The zero-order valence-electron chi connectivity index (χ0n) is 11.3. The lowest BCUT2D eigenvalue weighted by Crippen LogP contribution is -2.05. The summed E-state index contributed by atoms with van der Waals surface area (Å²) in [6, 6.07) is 6.47. The Kier molecular flexibility index (Phi) is 3.94. The van der Waals surface area contributed by atoms with E-state index in [1.54, 1.807) is 6.07 Å². The largest absolute Gasteiger partial charge is 0.354 e. The van der Waals surface area contributed by atoms with E-state index >= 15 is 0 Å². The van der Waals surface area contributed by atoms with E-state index in [0.717, 1.165) is 23.5 Å². The molecule has 0 radical (unpaired) electrons. The van der Waals surface area contributed by atoms with Gasteiger partial charge >= 0.3 is 0 Å². The fourth-order valence-corrected chi connectivity index (χ4v) is 1.78. The summed E-state index contributed by atoms with van der Waals surface area (Å²) in [5, 5.41) is 6.26. The molecule has 100 valence electrons. The van der Waals surface area contributed by atoms with Gasteiger partial charge in [-0.1, -0.05) is 0 Å². The lowest BCUT2D eigenvalue weighted by Gasteiger charge is -2.11. The molecule has 0 fully saturated rings. The maximum absolute atomic E-state index is 13.1. The molecule has 0 amide bonds. The van der Waals surface area contributed by atoms with Crippen LogP contribution in [-0.2, 0) is 0 Å². The third kappa shape index (κ3) is 3.40. The van der Waals surface area contributed by atoms with Crippen LogP contribution in [0.2, 0.25) is 0 Å². The van der Waals surface area contributed by atoms with Crippen LogP contribution in [0.3, 0.4) is 0 Å². The zero-order valence-corrected chi connectivity index (χ0v) is 11.3. The monoisotopic (exact) mass is 260 g/mol. The molecule has 0 aliphatic rings. The summed E-state index contributed by atoms with van der Waals surface area (Å²) in [6.45, 7) is 6.51. The first-order chi connectivity index (χ1) is 9.08. The highest BCUT2D eigenvalue weighted by molar-refractivity contribution is 5.61. The van der Waals surface area contributed by atoms with Crippen LogP contribution in [-0.4, -0.2) is 16.5 Å². The van der Waals surface area contributed by atoms with E-state index in [0.29, 0.717) is 11.8 Å². The highest BCUT2D eigenvalue weighted by Gasteiger charge is 2.04. The van der Waals surface area contributed by atoms with Gasteiger partial charge in [0.05, 0.1) is 0 Å². The molecule has 0 saturated heterocycles. The molecule has 0 aliphatic carbocycles. The summed E-state index contributed by atoms with van der Waals surface area (Å²) in [4.78, 5) is 8.63. The van der Waals surface area contributed by atoms with Gasteiger partial charge in [-0.05, 0) is 44.5 Å². The molecule has 0 saturated carbocycles. The molecule has 1 heterocycles. The maximum atomic E-state index is 13.1. The van der Waals surface area contributed by atoms with Gasteiger partial charge in [-0.3, -0.25) is 0 Å². The minimum absolute atomic E-state index is 0.241. The standard InChI is InChI=1S/C14H17FN4/c1-4-16-14-17-10(3)8-13(19-14)18-12-6-5-11(15)7-9(12)2/h5-8H,4H2,1-3H3,(H2,16,17,18,19). The van der Waals surface area contributed by atoms with E-state index in [1.165, 1.54) is 12.1 Å². The fourth-order valence-electron chi connectivity index (χ4n) is 1.78. The van der Waals surface area contributed by atoms with Crippen LogP contribution >= 0.6 is 0 Å². The first-order valence-corrected chi connectivity index (χ1v) is 6.21. The van der Waals surface area contributed by atoms with E-state index in [9.17, 15) is 4.39 Å². The molecule has 19 heavy (non-hydrogen) atoms.